The molecule has 4 aliphatic carbocycles. The number of para-hydroxylation sites is 2. The van der Waals surface area contributed by atoms with Crippen molar-refractivity contribution < 1.29 is 0 Å². The Bertz CT molecular complexity index is 4620. The fourth-order valence-corrected chi connectivity index (χ4v) is 15.3. The van der Waals surface area contributed by atoms with Crippen molar-refractivity contribution in [1.82, 2.24) is 0 Å². The summed E-state index contributed by atoms with van der Waals surface area (Å²) in [6.45, 7) is 23.3. The first-order valence-electron chi connectivity index (χ1n) is 30.1. The Balaban J connectivity index is 0.000000128. The molecule has 0 radical (unpaired) electrons. The predicted molar refractivity (Wildman–Crippen MR) is 366 cm³/mol. The molecule has 0 fully saturated rings. The van der Waals surface area contributed by atoms with Crippen molar-refractivity contribution in [3.8, 4) is 44.5 Å². The number of nitrogens with one attached hydrogen (secondary N) is 1. The molecule has 416 valence electrons. The summed E-state index contributed by atoms with van der Waals surface area (Å²) in [5.74, 6) is 0. The maximum absolute atomic E-state index is 3.84. The summed E-state index contributed by atoms with van der Waals surface area (Å²) >= 11 is 3.84. The normalized spacial score (nSPS) is 14.9. The van der Waals surface area contributed by atoms with Gasteiger partial charge in [0.25, 0.3) is 0 Å². The molecule has 16 rings (SSSR count). The molecule has 0 atom stereocenters. The minimum atomic E-state index is -0.143. The van der Waals surface area contributed by atoms with Crippen LogP contribution in [0.2, 0.25) is 0 Å². The van der Waals surface area contributed by atoms with E-state index in [-0.39, 0.29) is 21.7 Å². The second-order valence-electron chi connectivity index (χ2n) is 26.0. The van der Waals surface area contributed by atoms with E-state index in [0.717, 1.165) is 17.1 Å². The van der Waals surface area contributed by atoms with Gasteiger partial charge < -0.3 is 10.2 Å². The van der Waals surface area contributed by atoms with Crippen LogP contribution in [-0.2, 0) is 21.7 Å². The average Bonchev–Trinajstić information content (AvgIpc) is 1.63. The highest BCUT2D eigenvalue weighted by molar-refractivity contribution is 9.10. The van der Waals surface area contributed by atoms with E-state index < -0.39 is 0 Å². The van der Waals surface area contributed by atoms with Crippen molar-refractivity contribution in [2.75, 3.05) is 10.2 Å². The number of rotatable bonds is 5. The summed E-state index contributed by atoms with van der Waals surface area (Å²) < 4.78 is 1.19. The van der Waals surface area contributed by atoms with Crippen LogP contribution >= 0.6 is 15.9 Å². The number of benzene rings is 12. The molecule has 4 aliphatic rings. The number of anilines is 5. The molecule has 0 spiro atoms. The molecule has 0 amide bonds. The lowest BCUT2D eigenvalue weighted by Gasteiger charge is -2.30. The average molecular weight is 1160 g/mol. The fraction of sp³-hybridized carbons (Fsp3) is 0.171. The molecule has 12 aromatic carbocycles. The lowest BCUT2D eigenvalue weighted by Crippen LogP contribution is -2.17. The number of hydrogen-bond acceptors (Lipinski definition) is 2. The number of fused-ring (bicyclic) bond motifs is 16. The van der Waals surface area contributed by atoms with Gasteiger partial charge in [-0.2, -0.15) is 0 Å². The van der Waals surface area contributed by atoms with E-state index in [0.29, 0.717) is 0 Å². The van der Waals surface area contributed by atoms with Gasteiger partial charge in [-0.25, -0.2) is 0 Å². The van der Waals surface area contributed by atoms with Crippen LogP contribution in [0, 0.1) is 13.8 Å². The van der Waals surface area contributed by atoms with Gasteiger partial charge in [0.15, 0.2) is 0 Å². The smallest absolute Gasteiger partial charge is 0.0543 e. The second-order valence-corrected chi connectivity index (χ2v) is 26.9. The van der Waals surface area contributed by atoms with Gasteiger partial charge >= 0.3 is 0 Å². The van der Waals surface area contributed by atoms with Gasteiger partial charge in [0.1, 0.15) is 0 Å². The van der Waals surface area contributed by atoms with Crippen molar-refractivity contribution in [3.63, 3.8) is 0 Å². The van der Waals surface area contributed by atoms with Crippen molar-refractivity contribution in [1.29, 1.82) is 0 Å². The highest BCUT2D eigenvalue weighted by Crippen LogP contribution is 2.60. The first kappa shape index (κ1) is 54.2. The molecule has 85 heavy (non-hydrogen) atoms. The topological polar surface area (TPSA) is 15.3 Å². The summed E-state index contributed by atoms with van der Waals surface area (Å²) in [6, 6.07) is 88.8. The Morgan fingerprint density at radius 3 is 1.19 bits per heavy atom. The monoisotopic (exact) mass is 1160 g/mol. The van der Waals surface area contributed by atoms with Gasteiger partial charge in [0, 0.05) is 54.3 Å². The number of hydrogen-bond donors (Lipinski definition) is 1. The van der Waals surface area contributed by atoms with E-state index >= 15 is 0 Å². The minimum absolute atomic E-state index is 0.0199. The second kappa shape index (κ2) is 20.2. The van der Waals surface area contributed by atoms with E-state index in [1.807, 2.05) is 18.2 Å². The van der Waals surface area contributed by atoms with Crippen molar-refractivity contribution in [2.45, 2.75) is 90.9 Å². The summed E-state index contributed by atoms with van der Waals surface area (Å²) in [7, 11) is 0. The van der Waals surface area contributed by atoms with Gasteiger partial charge in [-0.3, -0.25) is 0 Å². The Labute approximate surface area is 511 Å². The zero-order valence-electron chi connectivity index (χ0n) is 50.4. The Morgan fingerprint density at radius 2 is 0.659 bits per heavy atom. The van der Waals surface area contributed by atoms with E-state index in [1.165, 1.54) is 138 Å². The van der Waals surface area contributed by atoms with Crippen LogP contribution in [0.15, 0.2) is 247 Å². The minimum Gasteiger partial charge on any atom is -0.356 e. The fourth-order valence-electron chi connectivity index (χ4n) is 14.7. The largest absolute Gasteiger partial charge is 0.356 e. The van der Waals surface area contributed by atoms with E-state index in [2.05, 4.69) is 320 Å². The molecule has 0 aliphatic heterocycles. The quantitative estimate of drug-likeness (QED) is 0.185. The molecule has 1 N–H and O–H groups in total. The summed E-state index contributed by atoms with van der Waals surface area (Å²) in [4.78, 5) is 2.43. The highest BCUT2D eigenvalue weighted by Gasteiger charge is 2.44. The van der Waals surface area contributed by atoms with Crippen molar-refractivity contribution in [2.24, 2.45) is 0 Å². The zero-order valence-corrected chi connectivity index (χ0v) is 52.0. The maximum Gasteiger partial charge on any atom is 0.0543 e. The lowest BCUT2D eigenvalue weighted by molar-refractivity contribution is 0.652. The molecule has 0 aromatic heterocycles. The molecule has 2 nitrogen and oxygen atoms in total. The van der Waals surface area contributed by atoms with Crippen LogP contribution in [0.1, 0.15) is 111 Å². The molecule has 0 unspecified atom stereocenters. The molecular weight excluding hydrogens is 1090 g/mol. The zero-order chi connectivity index (χ0) is 58.7. The lowest BCUT2D eigenvalue weighted by atomic mass is 9.79. The molecule has 0 bridgehead atoms. The summed E-state index contributed by atoms with van der Waals surface area (Å²) in [5.41, 5.74) is 30.8. The number of aryl methyl sites for hydroxylation is 2. The van der Waals surface area contributed by atoms with Gasteiger partial charge in [-0.05, 0) is 204 Å². The third kappa shape index (κ3) is 8.71. The van der Waals surface area contributed by atoms with Gasteiger partial charge in [-0.15, -0.1) is 0 Å². The van der Waals surface area contributed by atoms with E-state index in [1.54, 1.807) is 0 Å². The summed E-state index contributed by atoms with van der Waals surface area (Å²) in [5, 5.41) is 8.55. The van der Waals surface area contributed by atoms with Crippen LogP contribution in [0.5, 0.6) is 0 Å². The maximum atomic E-state index is 3.84. The van der Waals surface area contributed by atoms with Crippen LogP contribution < -0.4 is 10.2 Å². The Hall–Kier alpha value is -8.76. The van der Waals surface area contributed by atoms with Crippen LogP contribution in [-0.4, -0.2) is 0 Å². The van der Waals surface area contributed by atoms with Gasteiger partial charge in [0.2, 0.25) is 0 Å². The van der Waals surface area contributed by atoms with Crippen LogP contribution in [0.3, 0.4) is 0 Å². The van der Waals surface area contributed by atoms with Crippen LogP contribution in [0.4, 0.5) is 28.4 Å². The van der Waals surface area contributed by atoms with E-state index in [4.69, 9.17) is 0 Å². The SMILES string of the molecule is CC1(C)c2ccccc2-c2cc3c(cc21)-c1c(cc(Br)c2ccccc12)C3(C)C.Cc1ccc(N(c2ccccc2)c2cc3c(c4ccccc24)-c2cc4c(cc2C3(C)C)-c2ccccc2C4(C)C)cc1.Cc1ccc(Nc2ccccc2)cc1. The van der Waals surface area contributed by atoms with Crippen LogP contribution in [0.25, 0.3) is 66.1 Å². The molecule has 12 aromatic rings. The van der Waals surface area contributed by atoms with Gasteiger partial charge in [-0.1, -0.05) is 240 Å². The molecule has 3 heteroatoms. The molecule has 0 heterocycles. The number of halogens is 1. The molecule has 0 saturated heterocycles. The number of nitrogens with zero attached hydrogens (tertiary/aromatic N) is 1. The Kier molecular flexibility index (Phi) is 12.9. The van der Waals surface area contributed by atoms with Crippen molar-refractivity contribution >= 4 is 65.9 Å². The third-order valence-electron chi connectivity index (χ3n) is 19.4. The van der Waals surface area contributed by atoms with Gasteiger partial charge in [0.05, 0.1) is 5.69 Å². The first-order chi connectivity index (χ1) is 40.9. The Morgan fingerprint density at radius 1 is 0.294 bits per heavy atom. The first-order valence-corrected chi connectivity index (χ1v) is 30.9. The van der Waals surface area contributed by atoms with Crippen molar-refractivity contribution in [3.05, 3.63) is 303 Å². The standard InChI is InChI=1S/C41H35N.C28H23Br.C13H13N/c1-26-19-21-28(22-20-26)42(27-13-7-6-8-14-27)38-25-37-39(31-17-10-9-16-30(31)38)33-24-35-32(23-36(33)41(37,4)5)29-15-11-12-18-34(29)40(35,2)3;1-27(2)21-12-8-7-9-16(21)19-13-23-20(14-22(19)27)26-18-11-6-5-10-17(18)25(29)15-24(26)28(23,3)4;1-11-7-9-13(10-8-11)14-12-5-3-2-4-6-12/h6-25H,1-5H3;5-15H,1-4H3;2-10,14H,1H3. The molecule has 0 saturated carbocycles. The molecular formula is C82H71BrN2. The third-order valence-corrected chi connectivity index (χ3v) is 20.0. The predicted octanol–water partition coefficient (Wildman–Crippen LogP) is 23.2. The van der Waals surface area contributed by atoms with E-state index in [9.17, 15) is 0 Å². The highest BCUT2D eigenvalue weighted by atomic mass is 79.9. The summed E-state index contributed by atoms with van der Waals surface area (Å²) in [6.07, 6.45) is 0.